The van der Waals surface area contributed by atoms with Crippen LogP contribution in [0.15, 0.2) is 6.33 Å². The van der Waals surface area contributed by atoms with Crippen molar-refractivity contribution in [1.82, 2.24) is 15.3 Å². The quantitative estimate of drug-likeness (QED) is 0.896. The molecule has 0 radical (unpaired) electrons. The molecule has 2 fully saturated rings. The Kier molecular flexibility index (Phi) is 4.69. The number of amides is 1. The fraction of sp³-hybridized carbons (Fsp3) is 0.706. The highest BCUT2D eigenvalue weighted by atomic mass is 19.1. The van der Waals surface area contributed by atoms with Crippen molar-refractivity contribution in [2.45, 2.75) is 51.1 Å². The summed E-state index contributed by atoms with van der Waals surface area (Å²) in [5.74, 6) is -0.163. The van der Waals surface area contributed by atoms with Gasteiger partial charge in [0.1, 0.15) is 12.0 Å². The number of hydrogen-bond acceptors (Lipinski definition) is 4. The molecule has 1 N–H and O–H groups in total. The Morgan fingerprint density at radius 2 is 2.04 bits per heavy atom. The van der Waals surface area contributed by atoms with Crippen LogP contribution < -0.4 is 10.2 Å². The monoisotopic (exact) mass is 338 g/mol. The second-order valence-corrected chi connectivity index (χ2v) is 7.18. The molecule has 0 spiro atoms. The van der Waals surface area contributed by atoms with E-state index in [1.165, 1.54) is 6.33 Å². The van der Waals surface area contributed by atoms with E-state index in [2.05, 4.69) is 15.3 Å². The predicted octanol–water partition coefficient (Wildman–Crippen LogP) is 2.57. The highest BCUT2D eigenvalue weighted by Crippen LogP contribution is 2.32. The van der Waals surface area contributed by atoms with E-state index in [-0.39, 0.29) is 42.9 Å². The molecule has 0 bridgehead atoms. The van der Waals surface area contributed by atoms with Crippen LogP contribution in [0.1, 0.15) is 51.1 Å². The van der Waals surface area contributed by atoms with Gasteiger partial charge >= 0.3 is 0 Å². The van der Waals surface area contributed by atoms with E-state index in [1.54, 1.807) is 4.90 Å². The van der Waals surface area contributed by atoms with Gasteiger partial charge in [0, 0.05) is 31.8 Å². The van der Waals surface area contributed by atoms with Crippen molar-refractivity contribution in [3.05, 3.63) is 17.8 Å². The number of anilines is 1. The Morgan fingerprint density at radius 3 is 2.62 bits per heavy atom. The second-order valence-electron chi connectivity index (χ2n) is 7.18. The van der Waals surface area contributed by atoms with Gasteiger partial charge in [-0.2, -0.15) is 0 Å². The molecule has 1 aliphatic heterocycles. The van der Waals surface area contributed by atoms with E-state index in [0.717, 1.165) is 12.8 Å². The van der Waals surface area contributed by atoms with Crippen molar-refractivity contribution in [3.8, 4) is 0 Å². The van der Waals surface area contributed by atoms with Gasteiger partial charge in [0.05, 0.1) is 12.2 Å². The van der Waals surface area contributed by atoms with Crippen molar-refractivity contribution in [2.75, 3.05) is 24.5 Å². The summed E-state index contributed by atoms with van der Waals surface area (Å²) in [6, 6.07) is 0. The van der Waals surface area contributed by atoms with Gasteiger partial charge in [0.15, 0.2) is 11.6 Å². The van der Waals surface area contributed by atoms with Crippen LogP contribution in [0.25, 0.3) is 0 Å². The van der Waals surface area contributed by atoms with E-state index < -0.39 is 11.5 Å². The number of hydrogen-bond donors (Lipinski definition) is 1. The lowest BCUT2D eigenvalue weighted by Gasteiger charge is -2.37. The third-order valence-electron chi connectivity index (χ3n) is 4.83. The first kappa shape index (κ1) is 17.0. The smallest absolute Gasteiger partial charge is 0.223 e. The van der Waals surface area contributed by atoms with E-state index in [1.807, 2.05) is 13.8 Å². The standard InChI is InChI=1S/C17H24F2N4O/c1-11(2)14-13(18)15(22-10-21-14)23-7-5-17(19,6-8-23)9-20-16(24)12-3-4-12/h10-12H,3-9H2,1-2H3,(H,20,24). The molecule has 24 heavy (non-hydrogen) atoms. The first-order valence-electron chi connectivity index (χ1n) is 8.61. The van der Waals surface area contributed by atoms with E-state index in [0.29, 0.717) is 18.8 Å². The summed E-state index contributed by atoms with van der Waals surface area (Å²) in [6.45, 7) is 4.54. The number of aromatic nitrogens is 2. The minimum atomic E-state index is -1.43. The normalized spacial score (nSPS) is 20.3. The minimum absolute atomic E-state index is 0.0329. The number of carbonyl (C=O) groups excluding carboxylic acids is 1. The molecule has 0 aromatic carbocycles. The Labute approximate surface area is 140 Å². The van der Waals surface area contributed by atoms with Crippen molar-refractivity contribution in [1.29, 1.82) is 0 Å². The lowest BCUT2D eigenvalue weighted by atomic mass is 9.93. The van der Waals surface area contributed by atoms with Gasteiger partial charge in [-0.1, -0.05) is 13.8 Å². The SMILES string of the molecule is CC(C)c1ncnc(N2CCC(F)(CNC(=O)C3CC3)CC2)c1F. The molecule has 1 saturated heterocycles. The highest BCUT2D eigenvalue weighted by molar-refractivity contribution is 5.80. The first-order chi connectivity index (χ1) is 11.4. The topological polar surface area (TPSA) is 58.1 Å². The summed E-state index contributed by atoms with van der Waals surface area (Å²) in [6.07, 6.45) is 3.67. The van der Waals surface area contributed by atoms with Crippen molar-refractivity contribution < 1.29 is 13.6 Å². The van der Waals surface area contributed by atoms with Gasteiger partial charge in [-0.25, -0.2) is 18.7 Å². The zero-order valence-electron chi connectivity index (χ0n) is 14.2. The number of halogens is 2. The molecule has 1 aromatic rings. The van der Waals surface area contributed by atoms with Crippen LogP contribution in [-0.2, 0) is 4.79 Å². The number of nitrogens with zero attached hydrogens (tertiary/aromatic N) is 3. The lowest BCUT2D eigenvalue weighted by Crippen LogP contribution is -2.49. The van der Waals surface area contributed by atoms with Gasteiger partial charge in [0.25, 0.3) is 0 Å². The zero-order chi connectivity index (χ0) is 17.3. The van der Waals surface area contributed by atoms with Crippen molar-refractivity contribution in [3.63, 3.8) is 0 Å². The Hall–Kier alpha value is -1.79. The Morgan fingerprint density at radius 1 is 1.38 bits per heavy atom. The Balaban J connectivity index is 1.60. The molecular weight excluding hydrogens is 314 g/mol. The van der Waals surface area contributed by atoms with Crippen LogP contribution in [0.3, 0.4) is 0 Å². The summed E-state index contributed by atoms with van der Waals surface area (Å²) in [7, 11) is 0. The van der Waals surface area contributed by atoms with Crippen LogP contribution in [0.4, 0.5) is 14.6 Å². The van der Waals surface area contributed by atoms with Gasteiger partial charge in [-0.3, -0.25) is 4.79 Å². The third-order valence-corrected chi connectivity index (χ3v) is 4.83. The maximum Gasteiger partial charge on any atom is 0.223 e. The molecule has 3 rings (SSSR count). The summed E-state index contributed by atoms with van der Waals surface area (Å²) in [5.41, 5.74) is -1.04. The first-order valence-corrected chi connectivity index (χ1v) is 8.61. The van der Waals surface area contributed by atoms with E-state index in [9.17, 15) is 13.6 Å². The van der Waals surface area contributed by atoms with Gasteiger partial charge in [0.2, 0.25) is 5.91 Å². The Bertz CT molecular complexity index is 611. The lowest BCUT2D eigenvalue weighted by molar-refractivity contribution is -0.123. The molecule has 1 aromatic heterocycles. The van der Waals surface area contributed by atoms with E-state index >= 15 is 0 Å². The molecule has 132 valence electrons. The summed E-state index contributed by atoms with van der Waals surface area (Å²) in [5, 5.41) is 2.71. The van der Waals surface area contributed by atoms with Crippen LogP contribution in [0.2, 0.25) is 0 Å². The summed E-state index contributed by atoms with van der Waals surface area (Å²) < 4.78 is 29.4. The maximum absolute atomic E-state index is 14.8. The largest absolute Gasteiger partial charge is 0.354 e. The highest BCUT2D eigenvalue weighted by Gasteiger charge is 2.38. The van der Waals surface area contributed by atoms with Crippen LogP contribution in [0, 0.1) is 11.7 Å². The molecule has 7 heteroatoms. The molecule has 5 nitrogen and oxygen atoms in total. The van der Waals surface area contributed by atoms with Crippen molar-refractivity contribution >= 4 is 11.7 Å². The molecule has 2 heterocycles. The van der Waals surface area contributed by atoms with Gasteiger partial charge < -0.3 is 10.2 Å². The fourth-order valence-corrected chi connectivity index (χ4v) is 3.03. The molecule has 1 amide bonds. The van der Waals surface area contributed by atoms with Crippen LogP contribution in [-0.4, -0.2) is 41.2 Å². The summed E-state index contributed by atoms with van der Waals surface area (Å²) in [4.78, 5) is 21.5. The van der Waals surface area contributed by atoms with Crippen LogP contribution in [0.5, 0.6) is 0 Å². The number of alkyl halides is 1. The maximum atomic E-state index is 14.8. The number of piperidine rings is 1. The second kappa shape index (κ2) is 6.61. The molecular formula is C17H24F2N4O. The fourth-order valence-electron chi connectivity index (χ4n) is 3.03. The van der Waals surface area contributed by atoms with Gasteiger partial charge in [-0.05, 0) is 18.8 Å². The summed E-state index contributed by atoms with van der Waals surface area (Å²) >= 11 is 0. The zero-order valence-corrected chi connectivity index (χ0v) is 14.2. The molecule has 0 atom stereocenters. The average Bonchev–Trinajstić information content (AvgIpc) is 3.39. The molecule has 1 aliphatic carbocycles. The number of rotatable bonds is 5. The van der Waals surface area contributed by atoms with Crippen molar-refractivity contribution in [2.24, 2.45) is 5.92 Å². The predicted molar refractivity (Wildman–Crippen MR) is 87.1 cm³/mol. The van der Waals surface area contributed by atoms with E-state index in [4.69, 9.17) is 0 Å². The minimum Gasteiger partial charge on any atom is -0.354 e. The van der Waals surface area contributed by atoms with Crippen LogP contribution >= 0.6 is 0 Å². The van der Waals surface area contributed by atoms with Gasteiger partial charge in [-0.15, -0.1) is 0 Å². The average molecular weight is 338 g/mol. The molecule has 1 saturated carbocycles. The number of nitrogens with one attached hydrogen (secondary N) is 1. The third kappa shape index (κ3) is 3.65. The number of carbonyl (C=O) groups is 1. The molecule has 0 unspecified atom stereocenters. The molecule has 2 aliphatic rings.